The van der Waals surface area contributed by atoms with Crippen LogP contribution in [0.1, 0.15) is 62.5 Å². The van der Waals surface area contributed by atoms with Gasteiger partial charge in [0.2, 0.25) is 0 Å². The van der Waals surface area contributed by atoms with Gasteiger partial charge in [0.15, 0.2) is 0 Å². The van der Waals surface area contributed by atoms with Gasteiger partial charge < -0.3 is 30.6 Å². The van der Waals surface area contributed by atoms with Gasteiger partial charge in [0, 0.05) is 46.6 Å². The van der Waals surface area contributed by atoms with Gasteiger partial charge in [-0.3, -0.25) is 0 Å². The highest BCUT2D eigenvalue weighted by molar-refractivity contribution is 6.09. The van der Waals surface area contributed by atoms with Crippen LogP contribution in [0.15, 0.2) is 60.7 Å². The summed E-state index contributed by atoms with van der Waals surface area (Å²) in [5.74, 6) is -1.10. The van der Waals surface area contributed by atoms with Gasteiger partial charge in [0.1, 0.15) is 11.3 Å². The molecule has 2 saturated heterocycles. The van der Waals surface area contributed by atoms with Crippen LogP contribution < -0.4 is 30.6 Å². The van der Waals surface area contributed by atoms with Crippen LogP contribution in [-0.4, -0.2) is 36.6 Å². The number of nitrogens with one attached hydrogen (secondary N) is 2. The normalized spacial score (nSPS) is 33.4. The maximum Gasteiger partial charge on any atom is 0.107 e. The Bertz CT molecular complexity index is 1600. The average Bonchev–Trinajstić information content (AvgIpc) is 3.54. The summed E-state index contributed by atoms with van der Waals surface area (Å²) in [5, 5.41) is 40.1. The lowest BCUT2D eigenvalue weighted by molar-refractivity contribution is -0.535. The smallest absolute Gasteiger partial charge is 0.107 e. The fourth-order valence-corrected chi connectivity index (χ4v) is 8.98. The maximum atomic E-state index is 14.1. The largest absolute Gasteiger partial charge is 0.851 e. The predicted octanol–water partition coefficient (Wildman–Crippen LogP) is 4.82. The van der Waals surface area contributed by atoms with E-state index in [0.29, 0.717) is 0 Å². The molecule has 4 aliphatic heterocycles. The second kappa shape index (κ2) is 7.62. The minimum Gasteiger partial charge on any atom is -0.851 e. The highest BCUT2D eigenvalue weighted by atomic mass is 16.3. The van der Waals surface area contributed by atoms with Gasteiger partial charge in [-0.25, -0.2) is 0 Å². The van der Waals surface area contributed by atoms with E-state index in [1.165, 1.54) is 11.4 Å². The third kappa shape index (κ3) is 2.76. The van der Waals surface area contributed by atoms with Crippen LogP contribution in [0.25, 0.3) is 21.5 Å². The summed E-state index contributed by atoms with van der Waals surface area (Å²) in [6.07, 6.45) is 2.55. The zero-order valence-electron chi connectivity index (χ0n) is 23.0. The van der Waals surface area contributed by atoms with Crippen LogP contribution in [0.2, 0.25) is 0 Å². The molecule has 4 aromatic rings. The van der Waals surface area contributed by atoms with E-state index in [-0.39, 0.29) is 11.3 Å². The molecule has 2 unspecified atom stereocenters. The first kappa shape index (κ1) is 23.2. The first-order valence-electron chi connectivity index (χ1n) is 14.9. The second-order valence-corrected chi connectivity index (χ2v) is 13.1. The Morgan fingerprint density at radius 2 is 1.10 bits per heavy atom. The number of hydrogen-bond acceptors (Lipinski definition) is 6. The first-order valence-corrected chi connectivity index (χ1v) is 14.9. The minimum atomic E-state index is -0.973. The SMILES string of the molecule is CC12CCCN1c1cccc3c(C4C([O-])C(c5ccc6c7c(cccc57)N5CCCC5(C)N6)C4[O-])ccc(c13)N2. The minimum absolute atomic E-state index is 0.0808. The van der Waals surface area contributed by atoms with E-state index in [4.69, 9.17) is 0 Å². The van der Waals surface area contributed by atoms with Crippen molar-refractivity contribution < 1.29 is 10.2 Å². The number of rotatable bonds is 2. The molecular formula is C34H34N4O2-2. The molecule has 1 aliphatic carbocycles. The van der Waals surface area contributed by atoms with Gasteiger partial charge in [-0.15, -0.1) is 12.2 Å². The highest BCUT2D eigenvalue weighted by Crippen LogP contribution is 2.54. The Kier molecular flexibility index (Phi) is 4.43. The molecule has 5 aliphatic rings. The summed E-state index contributed by atoms with van der Waals surface area (Å²) in [7, 11) is 0. The fourth-order valence-electron chi connectivity index (χ4n) is 8.98. The summed E-state index contributed by atoms with van der Waals surface area (Å²) in [6, 6.07) is 21.1. The van der Waals surface area contributed by atoms with E-state index < -0.39 is 24.0 Å². The average molecular weight is 531 g/mol. The van der Waals surface area contributed by atoms with E-state index in [9.17, 15) is 10.2 Å². The molecule has 4 aromatic carbocycles. The lowest BCUT2D eigenvalue weighted by atomic mass is 9.62. The van der Waals surface area contributed by atoms with Gasteiger partial charge >= 0.3 is 0 Å². The number of hydrogen-bond donors (Lipinski definition) is 2. The summed E-state index contributed by atoms with van der Waals surface area (Å²) in [6.45, 7) is 6.58. The molecule has 4 heterocycles. The molecule has 9 rings (SSSR count). The summed E-state index contributed by atoms with van der Waals surface area (Å²) in [5.41, 5.74) is 6.34. The molecule has 0 radical (unpaired) electrons. The van der Waals surface area contributed by atoms with Crippen molar-refractivity contribution >= 4 is 44.3 Å². The number of anilines is 4. The van der Waals surface area contributed by atoms with Crippen LogP contribution in [0.4, 0.5) is 22.7 Å². The summed E-state index contributed by atoms with van der Waals surface area (Å²) < 4.78 is 0. The van der Waals surface area contributed by atoms with Gasteiger partial charge in [-0.05, 0) is 97.5 Å². The van der Waals surface area contributed by atoms with Crippen LogP contribution in [0.5, 0.6) is 0 Å². The quantitative estimate of drug-likeness (QED) is 0.387. The highest BCUT2D eigenvalue weighted by Gasteiger charge is 2.45. The van der Waals surface area contributed by atoms with Crippen LogP contribution >= 0.6 is 0 Å². The number of benzene rings is 4. The Morgan fingerprint density at radius 3 is 1.55 bits per heavy atom. The van der Waals surface area contributed by atoms with E-state index >= 15 is 0 Å². The summed E-state index contributed by atoms with van der Waals surface area (Å²) >= 11 is 0. The zero-order valence-corrected chi connectivity index (χ0v) is 23.0. The number of fused-ring (bicyclic) bond motifs is 4. The first-order chi connectivity index (χ1) is 19.4. The van der Waals surface area contributed by atoms with Crippen molar-refractivity contribution in [1.29, 1.82) is 0 Å². The van der Waals surface area contributed by atoms with Gasteiger partial charge in [-0.1, -0.05) is 36.4 Å². The van der Waals surface area contributed by atoms with Gasteiger partial charge in [0.25, 0.3) is 0 Å². The molecule has 6 nitrogen and oxygen atoms in total. The standard InChI is InChI=1S/C34H34N4O2/c1-33-15-5-17-37(33)25-9-3-7-19-21(11-13-23(35-33)27(19)25)29-31(39)30(32(29)40)22-12-14-24-28-20(22)8-4-10-26(28)38-18-6-16-34(38,2)36-24/h3-4,7-14,29-32,35-36H,5-6,15-18H2,1-2H3/q-2. The molecule has 0 amide bonds. The maximum absolute atomic E-state index is 14.1. The van der Waals surface area contributed by atoms with E-state index in [0.717, 1.165) is 82.8 Å². The molecule has 3 fully saturated rings. The van der Waals surface area contributed by atoms with Crippen molar-refractivity contribution in [3.63, 3.8) is 0 Å². The molecule has 0 bridgehead atoms. The van der Waals surface area contributed by atoms with E-state index in [2.05, 4.69) is 94.9 Å². The second-order valence-electron chi connectivity index (χ2n) is 13.1. The molecule has 0 aromatic heterocycles. The summed E-state index contributed by atoms with van der Waals surface area (Å²) in [4.78, 5) is 4.93. The molecule has 40 heavy (non-hydrogen) atoms. The van der Waals surface area contributed by atoms with E-state index in [1.807, 2.05) is 0 Å². The van der Waals surface area contributed by atoms with Crippen molar-refractivity contribution in [2.45, 2.75) is 74.9 Å². The van der Waals surface area contributed by atoms with Crippen molar-refractivity contribution in [3.8, 4) is 0 Å². The number of nitrogens with zero attached hydrogens (tertiary/aromatic N) is 2. The Hall–Kier alpha value is -3.48. The molecule has 2 N–H and O–H groups in total. The lowest BCUT2D eigenvalue weighted by Gasteiger charge is -2.62. The molecule has 2 atom stereocenters. The van der Waals surface area contributed by atoms with Crippen LogP contribution in [0, 0.1) is 0 Å². The monoisotopic (exact) mass is 530 g/mol. The fraction of sp³-hybridized carbons (Fsp3) is 0.412. The molecule has 204 valence electrons. The van der Waals surface area contributed by atoms with Gasteiger partial charge in [-0.2, -0.15) is 0 Å². The molecule has 6 heteroatoms. The van der Waals surface area contributed by atoms with Crippen molar-refractivity contribution in [3.05, 3.63) is 71.8 Å². The Balaban J connectivity index is 1.12. The van der Waals surface area contributed by atoms with E-state index in [1.54, 1.807) is 0 Å². The van der Waals surface area contributed by atoms with Crippen LogP contribution in [-0.2, 0) is 0 Å². The third-order valence-electron chi connectivity index (χ3n) is 10.9. The van der Waals surface area contributed by atoms with Gasteiger partial charge in [0.05, 0.1) is 0 Å². The third-order valence-corrected chi connectivity index (χ3v) is 10.9. The molecule has 0 spiro atoms. The van der Waals surface area contributed by atoms with Crippen molar-refractivity contribution in [2.24, 2.45) is 0 Å². The van der Waals surface area contributed by atoms with Crippen molar-refractivity contribution in [2.75, 3.05) is 33.5 Å². The molecular weight excluding hydrogens is 496 g/mol. The topological polar surface area (TPSA) is 76.7 Å². The Morgan fingerprint density at radius 1 is 0.650 bits per heavy atom. The lowest BCUT2D eigenvalue weighted by Crippen LogP contribution is -2.63. The molecule has 1 saturated carbocycles. The Labute approximate surface area is 234 Å². The predicted molar refractivity (Wildman–Crippen MR) is 158 cm³/mol. The van der Waals surface area contributed by atoms with Crippen LogP contribution in [0.3, 0.4) is 0 Å². The van der Waals surface area contributed by atoms with Crippen molar-refractivity contribution in [1.82, 2.24) is 0 Å². The zero-order chi connectivity index (χ0) is 27.0.